The van der Waals surface area contributed by atoms with Crippen molar-refractivity contribution in [1.29, 1.82) is 0 Å². The first-order valence-corrected chi connectivity index (χ1v) is 5.80. The Morgan fingerprint density at radius 2 is 1.93 bits per heavy atom. The molecule has 0 aromatic heterocycles. The maximum absolute atomic E-state index is 11.0. The lowest BCUT2D eigenvalue weighted by atomic mass is 10.2. The topological polar surface area (TPSA) is 32.3 Å². The van der Waals surface area contributed by atoms with E-state index in [1.165, 1.54) is 6.08 Å². The first-order valence-electron chi connectivity index (χ1n) is 5.80. The van der Waals surface area contributed by atoms with Crippen LogP contribution >= 0.6 is 0 Å². The summed E-state index contributed by atoms with van der Waals surface area (Å²) in [7, 11) is 0. The number of amides is 1. The highest BCUT2D eigenvalue weighted by molar-refractivity contribution is 5.86. The first kappa shape index (κ1) is 14.2. The van der Waals surface area contributed by atoms with Crippen molar-refractivity contribution in [2.24, 2.45) is 0 Å². The van der Waals surface area contributed by atoms with Gasteiger partial charge in [0, 0.05) is 12.6 Å². The van der Waals surface area contributed by atoms with Crippen molar-refractivity contribution in [3.63, 3.8) is 0 Å². The molecular formula is C12H24N2O. The van der Waals surface area contributed by atoms with E-state index in [1.807, 2.05) is 0 Å². The van der Waals surface area contributed by atoms with Crippen LogP contribution in [-0.4, -0.2) is 36.5 Å². The zero-order chi connectivity index (χ0) is 11.7. The van der Waals surface area contributed by atoms with Gasteiger partial charge in [-0.15, -0.1) is 0 Å². The van der Waals surface area contributed by atoms with E-state index in [-0.39, 0.29) is 5.91 Å². The van der Waals surface area contributed by atoms with E-state index >= 15 is 0 Å². The van der Waals surface area contributed by atoms with Gasteiger partial charge in [-0.3, -0.25) is 9.69 Å². The van der Waals surface area contributed by atoms with Gasteiger partial charge in [0.2, 0.25) is 5.91 Å². The van der Waals surface area contributed by atoms with Crippen LogP contribution in [-0.2, 0) is 4.79 Å². The fraction of sp³-hybridized carbons (Fsp3) is 0.750. The molecule has 3 heteroatoms. The van der Waals surface area contributed by atoms with E-state index in [0.29, 0.717) is 12.6 Å². The van der Waals surface area contributed by atoms with Gasteiger partial charge in [-0.05, 0) is 38.9 Å². The summed E-state index contributed by atoms with van der Waals surface area (Å²) in [6.07, 6.45) is 3.62. The van der Waals surface area contributed by atoms with Crippen molar-refractivity contribution >= 4 is 5.91 Å². The van der Waals surface area contributed by atoms with Gasteiger partial charge >= 0.3 is 0 Å². The van der Waals surface area contributed by atoms with E-state index in [2.05, 4.69) is 37.6 Å². The highest BCUT2D eigenvalue weighted by atomic mass is 16.1. The number of carbonyl (C=O) groups is 1. The Labute approximate surface area is 93.5 Å². The lowest BCUT2D eigenvalue weighted by Gasteiger charge is -2.28. The van der Waals surface area contributed by atoms with Crippen LogP contribution in [0.5, 0.6) is 0 Å². The van der Waals surface area contributed by atoms with Crippen LogP contribution in [0.4, 0.5) is 0 Å². The van der Waals surface area contributed by atoms with E-state index in [9.17, 15) is 4.79 Å². The molecule has 0 aromatic rings. The summed E-state index contributed by atoms with van der Waals surface area (Å²) in [5.41, 5.74) is 0. The molecule has 0 aliphatic rings. The van der Waals surface area contributed by atoms with Gasteiger partial charge in [0.25, 0.3) is 0 Å². The molecule has 0 rings (SSSR count). The summed E-state index contributed by atoms with van der Waals surface area (Å²) < 4.78 is 0. The summed E-state index contributed by atoms with van der Waals surface area (Å²) in [5.74, 6) is -0.0882. The van der Waals surface area contributed by atoms with Crippen LogP contribution < -0.4 is 5.32 Å². The van der Waals surface area contributed by atoms with Gasteiger partial charge in [-0.25, -0.2) is 0 Å². The van der Waals surface area contributed by atoms with Gasteiger partial charge in [0.05, 0.1) is 0 Å². The molecular weight excluding hydrogens is 188 g/mol. The summed E-state index contributed by atoms with van der Waals surface area (Å²) in [6.45, 7) is 12.8. The van der Waals surface area contributed by atoms with Crippen LogP contribution in [0.25, 0.3) is 0 Å². The normalized spacial score (nSPS) is 12.5. The lowest BCUT2D eigenvalue weighted by Crippen LogP contribution is -2.42. The SMILES string of the molecule is C=CC(=O)NCC(C)N(CCC)CCC. The second-order valence-corrected chi connectivity index (χ2v) is 3.83. The number of rotatable bonds is 8. The van der Waals surface area contributed by atoms with E-state index in [4.69, 9.17) is 0 Å². The predicted molar refractivity (Wildman–Crippen MR) is 64.8 cm³/mol. The Balaban J connectivity index is 3.94. The van der Waals surface area contributed by atoms with Crippen molar-refractivity contribution in [3.8, 4) is 0 Å². The van der Waals surface area contributed by atoms with Gasteiger partial charge in [0.15, 0.2) is 0 Å². The van der Waals surface area contributed by atoms with E-state index in [0.717, 1.165) is 25.9 Å². The van der Waals surface area contributed by atoms with E-state index in [1.54, 1.807) is 0 Å². The first-order chi connectivity index (χ1) is 7.15. The smallest absolute Gasteiger partial charge is 0.243 e. The molecule has 0 aliphatic heterocycles. The number of carbonyl (C=O) groups excluding carboxylic acids is 1. The zero-order valence-electron chi connectivity index (χ0n) is 10.3. The number of nitrogens with one attached hydrogen (secondary N) is 1. The molecule has 0 heterocycles. The molecule has 3 nitrogen and oxygen atoms in total. The average molecular weight is 212 g/mol. The van der Waals surface area contributed by atoms with Crippen LogP contribution in [0.1, 0.15) is 33.6 Å². The molecule has 1 unspecified atom stereocenters. The number of nitrogens with zero attached hydrogens (tertiary/aromatic N) is 1. The summed E-state index contributed by atoms with van der Waals surface area (Å²) in [6, 6.07) is 0.397. The predicted octanol–water partition coefficient (Wildman–Crippen LogP) is 1.80. The minimum absolute atomic E-state index is 0.0882. The van der Waals surface area contributed by atoms with Crippen LogP contribution in [0.2, 0.25) is 0 Å². The van der Waals surface area contributed by atoms with Crippen molar-refractivity contribution in [2.75, 3.05) is 19.6 Å². The van der Waals surface area contributed by atoms with Crippen LogP contribution in [0.3, 0.4) is 0 Å². The second kappa shape index (κ2) is 8.48. The maximum atomic E-state index is 11.0. The monoisotopic (exact) mass is 212 g/mol. The number of hydrogen-bond donors (Lipinski definition) is 1. The molecule has 0 bridgehead atoms. The number of hydrogen-bond acceptors (Lipinski definition) is 2. The van der Waals surface area contributed by atoms with Gasteiger partial charge in [-0.1, -0.05) is 20.4 Å². The van der Waals surface area contributed by atoms with Gasteiger partial charge in [-0.2, -0.15) is 0 Å². The molecule has 0 aliphatic carbocycles. The van der Waals surface area contributed by atoms with Crippen LogP contribution in [0, 0.1) is 0 Å². The molecule has 0 spiro atoms. The summed E-state index contributed by atoms with van der Waals surface area (Å²) in [4.78, 5) is 13.4. The molecule has 1 N–H and O–H groups in total. The Hall–Kier alpha value is -0.830. The van der Waals surface area contributed by atoms with Crippen molar-refractivity contribution < 1.29 is 4.79 Å². The van der Waals surface area contributed by atoms with Gasteiger partial charge < -0.3 is 5.32 Å². The molecule has 0 aromatic carbocycles. The lowest BCUT2D eigenvalue weighted by molar-refractivity contribution is -0.116. The fourth-order valence-electron chi connectivity index (χ4n) is 1.58. The third kappa shape index (κ3) is 6.28. The molecule has 1 atom stereocenters. The van der Waals surface area contributed by atoms with Crippen molar-refractivity contribution in [2.45, 2.75) is 39.7 Å². The van der Waals surface area contributed by atoms with Crippen LogP contribution in [0.15, 0.2) is 12.7 Å². The molecule has 0 saturated carbocycles. The molecule has 0 fully saturated rings. The summed E-state index contributed by atoms with van der Waals surface area (Å²) >= 11 is 0. The van der Waals surface area contributed by atoms with Crippen molar-refractivity contribution in [3.05, 3.63) is 12.7 Å². The third-order valence-electron chi connectivity index (χ3n) is 2.40. The largest absolute Gasteiger partial charge is 0.351 e. The Bertz CT molecular complexity index is 186. The minimum atomic E-state index is -0.0882. The Morgan fingerprint density at radius 3 is 2.33 bits per heavy atom. The molecule has 1 amide bonds. The second-order valence-electron chi connectivity index (χ2n) is 3.83. The van der Waals surface area contributed by atoms with Crippen molar-refractivity contribution in [1.82, 2.24) is 10.2 Å². The molecule has 0 saturated heterocycles. The Kier molecular flexibility index (Phi) is 8.01. The highest BCUT2D eigenvalue weighted by Crippen LogP contribution is 2.01. The fourth-order valence-corrected chi connectivity index (χ4v) is 1.58. The third-order valence-corrected chi connectivity index (χ3v) is 2.40. The maximum Gasteiger partial charge on any atom is 0.243 e. The Morgan fingerprint density at radius 1 is 1.40 bits per heavy atom. The molecule has 0 radical (unpaired) electrons. The minimum Gasteiger partial charge on any atom is -0.351 e. The molecule has 15 heavy (non-hydrogen) atoms. The zero-order valence-corrected chi connectivity index (χ0v) is 10.3. The molecule has 88 valence electrons. The van der Waals surface area contributed by atoms with Gasteiger partial charge in [0.1, 0.15) is 0 Å². The standard InChI is InChI=1S/C12H24N2O/c1-5-8-14(9-6-2)11(4)10-13-12(15)7-3/h7,11H,3,5-6,8-10H2,1-2,4H3,(H,13,15). The average Bonchev–Trinajstić information content (AvgIpc) is 2.25. The van der Waals surface area contributed by atoms with E-state index < -0.39 is 0 Å². The highest BCUT2D eigenvalue weighted by Gasteiger charge is 2.11. The quantitative estimate of drug-likeness (QED) is 0.622. The summed E-state index contributed by atoms with van der Waals surface area (Å²) in [5, 5.41) is 2.83.